The first-order valence-corrected chi connectivity index (χ1v) is 5.09. The molecule has 2 N–H and O–H groups in total. The molecule has 3 heteroatoms. The number of carboxylic acids is 1. The largest absolute Gasteiger partial charge is 0.481 e. The molecule has 82 valence electrons. The number of carbonyl (C=O) groups is 1. The Bertz CT molecular complexity index is 336. The number of carboxylic acid groups (broad SMARTS) is 1. The Morgan fingerprint density at radius 1 is 1.47 bits per heavy atom. The SMILES string of the molecule is CNCCC(C(=O)O)c1ccccc1C. The summed E-state index contributed by atoms with van der Waals surface area (Å²) < 4.78 is 0. The topological polar surface area (TPSA) is 49.3 Å². The first kappa shape index (κ1) is 11.7. The summed E-state index contributed by atoms with van der Waals surface area (Å²) in [6.45, 7) is 2.66. The molecule has 1 aromatic carbocycles. The fourth-order valence-electron chi connectivity index (χ4n) is 1.68. The summed E-state index contributed by atoms with van der Waals surface area (Å²) in [5.74, 6) is -1.15. The van der Waals surface area contributed by atoms with E-state index in [0.717, 1.165) is 11.1 Å². The number of hydrogen-bond acceptors (Lipinski definition) is 2. The first-order chi connectivity index (χ1) is 7.16. The zero-order valence-electron chi connectivity index (χ0n) is 9.16. The van der Waals surface area contributed by atoms with E-state index in [1.807, 2.05) is 38.2 Å². The van der Waals surface area contributed by atoms with Crippen LogP contribution in [0, 0.1) is 6.92 Å². The molecule has 0 heterocycles. The summed E-state index contributed by atoms with van der Waals surface area (Å²) in [6, 6.07) is 7.65. The smallest absolute Gasteiger partial charge is 0.311 e. The first-order valence-electron chi connectivity index (χ1n) is 5.09. The fourth-order valence-corrected chi connectivity index (χ4v) is 1.68. The molecular weight excluding hydrogens is 190 g/mol. The van der Waals surface area contributed by atoms with Crippen LogP contribution >= 0.6 is 0 Å². The normalized spacial score (nSPS) is 12.4. The zero-order chi connectivity index (χ0) is 11.3. The third kappa shape index (κ3) is 3.06. The van der Waals surface area contributed by atoms with E-state index in [-0.39, 0.29) is 0 Å². The van der Waals surface area contributed by atoms with Gasteiger partial charge in [-0.1, -0.05) is 24.3 Å². The van der Waals surface area contributed by atoms with Crippen molar-refractivity contribution in [3.63, 3.8) is 0 Å². The molecule has 1 atom stereocenters. The van der Waals surface area contributed by atoms with Crippen molar-refractivity contribution in [1.82, 2.24) is 5.32 Å². The van der Waals surface area contributed by atoms with E-state index in [9.17, 15) is 4.79 Å². The van der Waals surface area contributed by atoms with Gasteiger partial charge in [-0.25, -0.2) is 0 Å². The summed E-state index contributed by atoms with van der Waals surface area (Å²) in [5, 5.41) is 12.1. The molecule has 0 aliphatic rings. The molecule has 0 bridgehead atoms. The van der Waals surface area contributed by atoms with Gasteiger partial charge in [0.15, 0.2) is 0 Å². The second-order valence-electron chi connectivity index (χ2n) is 3.64. The Balaban J connectivity index is 2.89. The Labute approximate surface area is 90.1 Å². The molecule has 0 aromatic heterocycles. The predicted molar refractivity (Wildman–Crippen MR) is 60.1 cm³/mol. The lowest BCUT2D eigenvalue weighted by molar-refractivity contribution is -0.138. The molecule has 0 spiro atoms. The number of nitrogens with one attached hydrogen (secondary N) is 1. The molecule has 3 nitrogen and oxygen atoms in total. The van der Waals surface area contributed by atoms with Crippen LogP contribution in [0.5, 0.6) is 0 Å². The lowest BCUT2D eigenvalue weighted by atomic mass is 9.92. The van der Waals surface area contributed by atoms with Crippen molar-refractivity contribution in [2.75, 3.05) is 13.6 Å². The van der Waals surface area contributed by atoms with E-state index in [0.29, 0.717) is 13.0 Å². The summed E-state index contributed by atoms with van der Waals surface area (Å²) in [4.78, 5) is 11.1. The van der Waals surface area contributed by atoms with Crippen LogP contribution < -0.4 is 5.32 Å². The van der Waals surface area contributed by atoms with E-state index < -0.39 is 11.9 Å². The van der Waals surface area contributed by atoms with E-state index >= 15 is 0 Å². The second kappa shape index (κ2) is 5.51. The van der Waals surface area contributed by atoms with Crippen LogP contribution in [-0.2, 0) is 4.79 Å². The van der Waals surface area contributed by atoms with Crippen molar-refractivity contribution in [2.45, 2.75) is 19.3 Å². The maximum Gasteiger partial charge on any atom is 0.311 e. The minimum absolute atomic E-state index is 0.404. The number of hydrogen-bond donors (Lipinski definition) is 2. The van der Waals surface area contributed by atoms with Crippen molar-refractivity contribution >= 4 is 5.97 Å². The fraction of sp³-hybridized carbons (Fsp3) is 0.417. The Morgan fingerprint density at radius 2 is 2.13 bits per heavy atom. The Kier molecular flexibility index (Phi) is 4.31. The molecule has 0 amide bonds. The third-order valence-corrected chi connectivity index (χ3v) is 2.54. The van der Waals surface area contributed by atoms with E-state index in [1.165, 1.54) is 0 Å². The lowest BCUT2D eigenvalue weighted by Gasteiger charge is -2.14. The quantitative estimate of drug-likeness (QED) is 0.773. The summed E-state index contributed by atoms with van der Waals surface area (Å²) in [5.41, 5.74) is 1.96. The predicted octanol–water partition coefficient (Wildman–Crippen LogP) is 1.77. The van der Waals surface area contributed by atoms with Gasteiger partial charge in [-0.3, -0.25) is 4.79 Å². The van der Waals surface area contributed by atoms with Crippen LogP contribution in [0.25, 0.3) is 0 Å². The molecule has 15 heavy (non-hydrogen) atoms. The summed E-state index contributed by atoms with van der Waals surface area (Å²) >= 11 is 0. The lowest BCUT2D eigenvalue weighted by Crippen LogP contribution is -2.19. The highest BCUT2D eigenvalue weighted by molar-refractivity contribution is 5.76. The van der Waals surface area contributed by atoms with Crippen LogP contribution in [0.4, 0.5) is 0 Å². The van der Waals surface area contributed by atoms with E-state index in [1.54, 1.807) is 0 Å². The van der Waals surface area contributed by atoms with Crippen LogP contribution in [0.15, 0.2) is 24.3 Å². The minimum atomic E-state index is -0.750. The number of aliphatic carboxylic acids is 1. The van der Waals surface area contributed by atoms with Gasteiger partial charge in [0, 0.05) is 0 Å². The van der Waals surface area contributed by atoms with Crippen LogP contribution in [0.1, 0.15) is 23.5 Å². The van der Waals surface area contributed by atoms with Crippen molar-refractivity contribution in [3.8, 4) is 0 Å². The standard InChI is InChI=1S/C12H17NO2/c1-9-5-3-4-6-10(9)11(12(14)15)7-8-13-2/h3-6,11,13H,7-8H2,1-2H3,(H,14,15). The molecule has 0 aliphatic heterocycles. The Morgan fingerprint density at radius 3 is 2.67 bits per heavy atom. The number of benzene rings is 1. The number of rotatable bonds is 5. The van der Waals surface area contributed by atoms with Crippen LogP contribution in [0.3, 0.4) is 0 Å². The third-order valence-electron chi connectivity index (χ3n) is 2.54. The zero-order valence-corrected chi connectivity index (χ0v) is 9.16. The van der Waals surface area contributed by atoms with Gasteiger partial charge < -0.3 is 10.4 Å². The van der Waals surface area contributed by atoms with Gasteiger partial charge in [-0.15, -0.1) is 0 Å². The number of aryl methyl sites for hydroxylation is 1. The van der Waals surface area contributed by atoms with Crippen LogP contribution in [0.2, 0.25) is 0 Å². The maximum atomic E-state index is 11.1. The molecule has 0 saturated heterocycles. The summed E-state index contributed by atoms with van der Waals surface area (Å²) in [7, 11) is 1.83. The monoisotopic (exact) mass is 207 g/mol. The highest BCUT2D eigenvalue weighted by Crippen LogP contribution is 2.22. The van der Waals surface area contributed by atoms with Crippen LogP contribution in [-0.4, -0.2) is 24.7 Å². The average molecular weight is 207 g/mol. The van der Waals surface area contributed by atoms with Crippen molar-refractivity contribution < 1.29 is 9.90 Å². The molecule has 0 radical (unpaired) electrons. The second-order valence-corrected chi connectivity index (χ2v) is 3.64. The van der Waals surface area contributed by atoms with Crippen molar-refractivity contribution in [3.05, 3.63) is 35.4 Å². The molecule has 0 aliphatic carbocycles. The van der Waals surface area contributed by atoms with Crippen molar-refractivity contribution in [1.29, 1.82) is 0 Å². The Hall–Kier alpha value is -1.35. The van der Waals surface area contributed by atoms with E-state index in [2.05, 4.69) is 5.32 Å². The van der Waals surface area contributed by atoms with Gasteiger partial charge in [0.05, 0.1) is 5.92 Å². The maximum absolute atomic E-state index is 11.1. The minimum Gasteiger partial charge on any atom is -0.481 e. The summed E-state index contributed by atoms with van der Waals surface area (Å²) in [6.07, 6.45) is 0.622. The van der Waals surface area contributed by atoms with Gasteiger partial charge in [0.2, 0.25) is 0 Å². The highest BCUT2D eigenvalue weighted by Gasteiger charge is 2.20. The van der Waals surface area contributed by atoms with Gasteiger partial charge in [-0.2, -0.15) is 0 Å². The highest BCUT2D eigenvalue weighted by atomic mass is 16.4. The van der Waals surface area contributed by atoms with Gasteiger partial charge in [0.25, 0.3) is 0 Å². The molecule has 1 unspecified atom stereocenters. The van der Waals surface area contributed by atoms with Gasteiger partial charge >= 0.3 is 5.97 Å². The van der Waals surface area contributed by atoms with Gasteiger partial charge in [0.1, 0.15) is 0 Å². The molecule has 1 rings (SSSR count). The molecular formula is C12H17NO2. The van der Waals surface area contributed by atoms with Gasteiger partial charge in [-0.05, 0) is 38.1 Å². The average Bonchev–Trinajstić information content (AvgIpc) is 2.20. The van der Waals surface area contributed by atoms with E-state index in [4.69, 9.17) is 5.11 Å². The molecule has 1 aromatic rings. The molecule has 0 saturated carbocycles. The van der Waals surface area contributed by atoms with Crippen molar-refractivity contribution in [2.24, 2.45) is 0 Å². The molecule has 0 fully saturated rings.